The third kappa shape index (κ3) is 7.14. The highest BCUT2D eigenvalue weighted by molar-refractivity contribution is 6.46. The van der Waals surface area contributed by atoms with E-state index in [9.17, 15) is 34.2 Å². The van der Waals surface area contributed by atoms with Crippen LogP contribution >= 0.6 is 0 Å². The normalized spacial score (nSPS) is 17.3. The summed E-state index contributed by atoms with van der Waals surface area (Å²) in [7, 11) is 0. The van der Waals surface area contributed by atoms with E-state index in [1.54, 1.807) is 42.5 Å². The number of benzene rings is 4. The fraction of sp³-hybridized carbons (Fsp3) is 0.0606. The van der Waals surface area contributed by atoms with Crippen LogP contribution in [0.25, 0.3) is 0 Å². The number of rotatable bonds is 10. The van der Waals surface area contributed by atoms with Gasteiger partial charge in [-0.15, -0.1) is 0 Å². The van der Waals surface area contributed by atoms with E-state index in [0.29, 0.717) is 11.4 Å². The minimum Gasteiger partial charge on any atom is -0.477 e. The molecule has 51 heavy (non-hydrogen) atoms. The number of hydrogen-bond donors (Lipinski definition) is 5. The third-order valence-electron chi connectivity index (χ3n) is 7.28. The van der Waals surface area contributed by atoms with E-state index in [1.165, 1.54) is 54.6 Å². The van der Waals surface area contributed by atoms with Crippen molar-refractivity contribution in [2.75, 3.05) is 26.8 Å². The quantitative estimate of drug-likeness (QED) is 0.119. The Bertz CT molecular complexity index is 2230. The summed E-state index contributed by atoms with van der Waals surface area (Å²) in [5.74, 6) is -4.98. The first-order valence-electron chi connectivity index (χ1n) is 14.8. The first-order valence-corrected chi connectivity index (χ1v) is 14.8. The molecule has 254 valence electrons. The summed E-state index contributed by atoms with van der Waals surface area (Å²) in [4.78, 5) is 62.9. The highest BCUT2D eigenvalue weighted by Gasteiger charge is 2.42. The first-order chi connectivity index (χ1) is 24.5. The molecule has 3 amide bonds. The number of nitrogens with two attached hydrogens (primary N) is 2. The zero-order valence-electron chi connectivity index (χ0n) is 26.1. The summed E-state index contributed by atoms with van der Waals surface area (Å²) in [6.07, 6.45) is 0. The molecule has 2 atom stereocenters. The van der Waals surface area contributed by atoms with Crippen LogP contribution in [0.5, 0.6) is 0 Å². The third-order valence-corrected chi connectivity index (χ3v) is 7.28. The molecule has 0 saturated carbocycles. The minimum absolute atomic E-state index is 0.144. The van der Waals surface area contributed by atoms with E-state index in [1.807, 2.05) is 0 Å². The van der Waals surface area contributed by atoms with Gasteiger partial charge in [0.25, 0.3) is 17.7 Å². The summed E-state index contributed by atoms with van der Waals surface area (Å²) in [5, 5.41) is 47.5. The number of carboxylic acids is 2. The second-order valence-corrected chi connectivity index (χ2v) is 10.9. The van der Waals surface area contributed by atoms with E-state index in [-0.39, 0.29) is 34.0 Å². The number of hydrogen-bond acceptors (Lipinski definition) is 13. The topological polar surface area (TPSA) is 271 Å². The molecular weight excluding hydrogens is 662 g/mol. The lowest BCUT2D eigenvalue weighted by Gasteiger charge is -2.12. The highest BCUT2D eigenvalue weighted by Crippen LogP contribution is 2.28. The standard InChI is InChI=1S/C33H25N11O7/c34-18-6-2-11-23(14-18)43-30(46)25(27(41-43)32(48)49)39-37-21-9-1-5-17(13-21)29(45)36-20-8-4-10-22(16-20)38-40-26-28(33(50)51)42-44(31(26)47)24-12-3-7-19(35)15-24/h1-16,25-26H,34-35H2,(H,36,45)(H,48,49)(H,50,51). The van der Waals surface area contributed by atoms with Gasteiger partial charge in [0.15, 0.2) is 11.4 Å². The van der Waals surface area contributed by atoms with E-state index in [0.717, 1.165) is 10.0 Å². The maximum atomic E-state index is 13.1. The predicted molar refractivity (Wildman–Crippen MR) is 184 cm³/mol. The van der Waals surface area contributed by atoms with Crippen molar-refractivity contribution in [1.29, 1.82) is 0 Å². The molecule has 18 nitrogen and oxygen atoms in total. The second-order valence-electron chi connectivity index (χ2n) is 10.9. The first kappa shape index (κ1) is 33.3. The maximum Gasteiger partial charge on any atom is 0.355 e. The Hall–Kier alpha value is -7.63. The SMILES string of the molecule is Nc1cccc(N2N=C(C(=O)O)C(N=Nc3cccc(NC(=O)c4cccc(N=NC5C(=O)N(c6cccc(N)c6)N=C5C(=O)O)c4)c3)C2=O)c1. The van der Waals surface area contributed by atoms with Gasteiger partial charge in [0.1, 0.15) is 0 Å². The number of aliphatic carboxylic acids is 2. The Morgan fingerprint density at radius 1 is 0.647 bits per heavy atom. The van der Waals surface area contributed by atoms with Crippen molar-refractivity contribution in [3.05, 3.63) is 103 Å². The van der Waals surface area contributed by atoms with Crippen molar-refractivity contribution in [2.24, 2.45) is 30.7 Å². The van der Waals surface area contributed by atoms with Crippen LogP contribution in [0.4, 0.5) is 39.8 Å². The Balaban J connectivity index is 1.14. The second kappa shape index (κ2) is 13.8. The lowest BCUT2D eigenvalue weighted by atomic mass is 10.1. The molecule has 0 aliphatic carbocycles. The van der Waals surface area contributed by atoms with Gasteiger partial charge in [-0.05, 0) is 72.8 Å². The van der Waals surface area contributed by atoms with Crippen LogP contribution in [0, 0.1) is 0 Å². The van der Waals surface area contributed by atoms with Crippen LogP contribution in [0.1, 0.15) is 10.4 Å². The summed E-state index contributed by atoms with van der Waals surface area (Å²) in [6.45, 7) is 0. The molecule has 0 fully saturated rings. The molecular formula is C33H25N11O7. The van der Waals surface area contributed by atoms with Gasteiger partial charge in [-0.25, -0.2) is 9.59 Å². The molecule has 0 spiro atoms. The number of nitrogens with zero attached hydrogens (tertiary/aromatic N) is 8. The number of carboxylic acid groups (broad SMARTS) is 2. The van der Waals surface area contributed by atoms with Crippen molar-refractivity contribution >= 4 is 80.9 Å². The number of carbonyl (C=O) groups excluding carboxylic acids is 3. The lowest BCUT2D eigenvalue weighted by Crippen LogP contribution is -2.33. The molecule has 0 saturated heterocycles. The van der Waals surface area contributed by atoms with Gasteiger partial charge in [-0.1, -0.05) is 24.3 Å². The molecule has 2 unspecified atom stereocenters. The van der Waals surface area contributed by atoms with Crippen molar-refractivity contribution in [3.8, 4) is 0 Å². The molecule has 18 heteroatoms. The zero-order chi connectivity index (χ0) is 36.2. The smallest absolute Gasteiger partial charge is 0.355 e. The highest BCUT2D eigenvalue weighted by atomic mass is 16.4. The number of hydrazone groups is 2. The molecule has 7 N–H and O–H groups in total. The van der Waals surface area contributed by atoms with Crippen LogP contribution in [-0.4, -0.2) is 63.4 Å². The van der Waals surface area contributed by atoms with Crippen LogP contribution in [0.3, 0.4) is 0 Å². The Labute approximate surface area is 287 Å². The van der Waals surface area contributed by atoms with Gasteiger partial charge in [0.05, 0.1) is 22.7 Å². The molecule has 2 aliphatic rings. The van der Waals surface area contributed by atoms with Gasteiger partial charge in [-0.2, -0.15) is 40.7 Å². The maximum absolute atomic E-state index is 13.1. The minimum atomic E-state index is -1.55. The van der Waals surface area contributed by atoms with Crippen molar-refractivity contribution < 1.29 is 34.2 Å². The summed E-state index contributed by atoms with van der Waals surface area (Å²) in [5.41, 5.74) is 12.5. The predicted octanol–water partition coefficient (Wildman–Crippen LogP) is 3.98. The van der Waals surface area contributed by atoms with E-state index in [2.05, 4.69) is 36.0 Å². The molecule has 6 rings (SSSR count). The summed E-state index contributed by atoms with van der Waals surface area (Å²) < 4.78 is 0. The van der Waals surface area contributed by atoms with Gasteiger partial charge >= 0.3 is 11.9 Å². The van der Waals surface area contributed by atoms with Gasteiger partial charge in [0, 0.05) is 22.6 Å². The van der Waals surface area contributed by atoms with Crippen LogP contribution in [-0.2, 0) is 19.2 Å². The summed E-state index contributed by atoms with van der Waals surface area (Å²) >= 11 is 0. The molecule has 0 aromatic heterocycles. The van der Waals surface area contributed by atoms with Gasteiger partial charge < -0.3 is 27.0 Å². The van der Waals surface area contributed by atoms with Crippen LogP contribution in [0.2, 0.25) is 0 Å². The van der Waals surface area contributed by atoms with Gasteiger partial charge in [-0.3, -0.25) is 14.4 Å². The largest absolute Gasteiger partial charge is 0.477 e. The molecule has 0 radical (unpaired) electrons. The molecule has 4 aromatic carbocycles. The average Bonchev–Trinajstić information content (AvgIpc) is 3.62. The average molecular weight is 688 g/mol. The van der Waals surface area contributed by atoms with Crippen molar-refractivity contribution in [2.45, 2.75) is 12.1 Å². The number of nitrogens with one attached hydrogen (secondary N) is 1. The van der Waals surface area contributed by atoms with Gasteiger partial charge in [0.2, 0.25) is 12.1 Å². The van der Waals surface area contributed by atoms with Crippen LogP contribution < -0.4 is 26.8 Å². The van der Waals surface area contributed by atoms with E-state index >= 15 is 0 Å². The molecule has 2 heterocycles. The zero-order valence-corrected chi connectivity index (χ0v) is 26.1. The molecule has 2 aliphatic heterocycles. The number of azo groups is 2. The molecule has 4 aromatic rings. The number of carbonyl (C=O) groups is 5. The number of anilines is 5. The van der Waals surface area contributed by atoms with Crippen molar-refractivity contribution in [1.82, 2.24) is 0 Å². The molecule has 0 bridgehead atoms. The van der Waals surface area contributed by atoms with E-state index < -0.39 is 53.2 Å². The fourth-order valence-corrected chi connectivity index (χ4v) is 4.91. The number of amides is 3. The summed E-state index contributed by atoms with van der Waals surface area (Å²) in [6, 6.07) is 21.3. The Morgan fingerprint density at radius 3 is 1.61 bits per heavy atom. The fourth-order valence-electron chi connectivity index (χ4n) is 4.91. The monoisotopic (exact) mass is 687 g/mol. The van der Waals surface area contributed by atoms with E-state index in [4.69, 9.17) is 11.5 Å². The Kier molecular flexibility index (Phi) is 9.03. The number of nitrogen functional groups attached to an aromatic ring is 2. The van der Waals surface area contributed by atoms with Crippen LogP contribution in [0.15, 0.2) is 128 Å². The van der Waals surface area contributed by atoms with Crippen molar-refractivity contribution in [3.63, 3.8) is 0 Å². The Morgan fingerprint density at radius 2 is 1.12 bits per heavy atom. The lowest BCUT2D eigenvalue weighted by molar-refractivity contribution is -0.130.